The minimum Gasteiger partial charge on any atom is -0.493 e. The first-order valence-electron chi connectivity index (χ1n) is 7.90. The van der Waals surface area contributed by atoms with E-state index in [0.717, 1.165) is 24.2 Å². The third kappa shape index (κ3) is 3.07. The lowest BCUT2D eigenvalue weighted by molar-refractivity contribution is -0.143. The number of ether oxygens (including phenoxy) is 1. The number of carbonyl (C=O) groups is 1. The molecular weight excluding hydrogens is 318 g/mol. The number of carboxylic acid groups (broad SMARTS) is 1. The van der Waals surface area contributed by atoms with E-state index in [1.165, 1.54) is 4.31 Å². The van der Waals surface area contributed by atoms with Crippen LogP contribution in [0.2, 0.25) is 0 Å². The summed E-state index contributed by atoms with van der Waals surface area (Å²) in [5.41, 5.74) is 0.900. The van der Waals surface area contributed by atoms with E-state index in [9.17, 15) is 18.3 Å². The van der Waals surface area contributed by atoms with Crippen LogP contribution in [0.4, 0.5) is 0 Å². The van der Waals surface area contributed by atoms with E-state index in [1.54, 1.807) is 18.2 Å². The van der Waals surface area contributed by atoms with Crippen molar-refractivity contribution in [3.63, 3.8) is 0 Å². The van der Waals surface area contributed by atoms with Crippen LogP contribution >= 0.6 is 0 Å². The number of sulfonamides is 1. The lowest BCUT2D eigenvalue weighted by atomic mass is 9.96. The molecule has 6 nitrogen and oxygen atoms in total. The van der Waals surface area contributed by atoms with Crippen LogP contribution in [0.3, 0.4) is 0 Å². The van der Waals surface area contributed by atoms with Crippen LogP contribution in [-0.4, -0.2) is 43.0 Å². The minimum atomic E-state index is -3.70. The molecule has 1 aromatic carbocycles. The first kappa shape index (κ1) is 16.3. The number of nitrogens with zero attached hydrogens (tertiary/aromatic N) is 1. The molecule has 7 heteroatoms. The van der Waals surface area contributed by atoms with Gasteiger partial charge in [-0.15, -0.1) is 0 Å². The number of rotatable bonds is 3. The van der Waals surface area contributed by atoms with Crippen molar-refractivity contribution in [1.82, 2.24) is 4.31 Å². The molecule has 23 heavy (non-hydrogen) atoms. The molecule has 1 saturated heterocycles. The highest BCUT2D eigenvalue weighted by atomic mass is 32.2. The second kappa shape index (κ2) is 6.13. The largest absolute Gasteiger partial charge is 0.493 e. The monoisotopic (exact) mass is 339 g/mol. The van der Waals surface area contributed by atoms with Gasteiger partial charge in [0.2, 0.25) is 10.0 Å². The van der Waals surface area contributed by atoms with Crippen LogP contribution in [0, 0.1) is 5.92 Å². The Bertz CT molecular complexity index is 715. The zero-order valence-electron chi connectivity index (χ0n) is 13.1. The fourth-order valence-corrected chi connectivity index (χ4v) is 5.00. The number of aliphatic carboxylic acids is 1. The number of carboxylic acids is 1. The molecular formula is C16H21NO5S. The van der Waals surface area contributed by atoms with Crippen molar-refractivity contribution in [1.29, 1.82) is 0 Å². The standard InChI is InChI=1S/C16H21NO5S/c1-11-4-5-13(16(18)19)10-17(11)23(20,21)14-6-7-15-12(9-14)3-2-8-22-15/h6-7,9,11,13H,2-5,8,10H2,1H3,(H,18,19). The van der Waals surface area contributed by atoms with Crippen molar-refractivity contribution >= 4 is 16.0 Å². The third-order valence-electron chi connectivity index (χ3n) is 4.66. The van der Waals surface area contributed by atoms with Gasteiger partial charge in [-0.2, -0.15) is 4.31 Å². The number of hydrogen-bond acceptors (Lipinski definition) is 4. The summed E-state index contributed by atoms with van der Waals surface area (Å²) in [7, 11) is -3.70. The van der Waals surface area contributed by atoms with Crippen LogP contribution in [0.5, 0.6) is 5.75 Å². The van der Waals surface area contributed by atoms with Crippen molar-refractivity contribution in [2.75, 3.05) is 13.2 Å². The van der Waals surface area contributed by atoms with Gasteiger partial charge in [-0.05, 0) is 56.4 Å². The second-order valence-corrected chi connectivity index (χ2v) is 8.15. The van der Waals surface area contributed by atoms with Crippen LogP contribution in [0.1, 0.15) is 31.7 Å². The number of fused-ring (bicyclic) bond motifs is 1. The van der Waals surface area contributed by atoms with Gasteiger partial charge in [0, 0.05) is 12.6 Å². The Morgan fingerprint density at radius 3 is 2.87 bits per heavy atom. The lowest BCUT2D eigenvalue weighted by Crippen LogP contribution is -2.47. The third-order valence-corrected chi connectivity index (χ3v) is 6.64. The predicted molar refractivity (Wildman–Crippen MR) is 84.0 cm³/mol. The summed E-state index contributed by atoms with van der Waals surface area (Å²) in [6.45, 7) is 2.52. The summed E-state index contributed by atoms with van der Waals surface area (Å²) in [4.78, 5) is 11.4. The zero-order valence-corrected chi connectivity index (χ0v) is 13.9. The first-order valence-corrected chi connectivity index (χ1v) is 9.34. The molecule has 2 atom stereocenters. The smallest absolute Gasteiger partial charge is 0.307 e. The molecule has 0 saturated carbocycles. The molecule has 1 N–H and O–H groups in total. The van der Waals surface area contributed by atoms with Gasteiger partial charge in [-0.25, -0.2) is 8.42 Å². The first-order chi connectivity index (χ1) is 10.9. The topological polar surface area (TPSA) is 83.9 Å². The van der Waals surface area contributed by atoms with Gasteiger partial charge in [0.1, 0.15) is 5.75 Å². The average molecular weight is 339 g/mol. The van der Waals surface area contributed by atoms with Crippen LogP contribution in [0.15, 0.2) is 23.1 Å². The Labute approximate surface area is 136 Å². The van der Waals surface area contributed by atoms with Crippen molar-refractivity contribution in [2.45, 2.75) is 43.5 Å². The Balaban J connectivity index is 1.92. The Kier molecular flexibility index (Phi) is 4.33. The van der Waals surface area contributed by atoms with Crippen LogP contribution in [-0.2, 0) is 21.2 Å². The normalized spacial score (nSPS) is 25.4. The van der Waals surface area contributed by atoms with E-state index >= 15 is 0 Å². The summed E-state index contributed by atoms with van der Waals surface area (Å²) < 4.78 is 32.7. The lowest BCUT2D eigenvalue weighted by Gasteiger charge is -2.35. The molecule has 1 fully saturated rings. The van der Waals surface area contributed by atoms with E-state index in [0.29, 0.717) is 19.4 Å². The van der Waals surface area contributed by atoms with Gasteiger partial charge in [0.15, 0.2) is 0 Å². The Hall–Kier alpha value is -1.60. The summed E-state index contributed by atoms with van der Waals surface area (Å²) in [5, 5.41) is 9.20. The zero-order chi connectivity index (χ0) is 16.6. The number of aryl methyl sites for hydroxylation is 1. The van der Waals surface area contributed by atoms with Gasteiger partial charge >= 0.3 is 5.97 Å². The van der Waals surface area contributed by atoms with E-state index in [2.05, 4.69) is 0 Å². The van der Waals surface area contributed by atoms with Crippen LogP contribution < -0.4 is 4.74 Å². The molecule has 0 aromatic heterocycles. The quantitative estimate of drug-likeness (QED) is 0.909. The van der Waals surface area contributed by atoms with Crippen LogP contribution in [0.25, 0.3) is 0 Å². The molecule has 2 aliphatic heterocycles. The van der Waals surface area contributed by atoms with Gasteiger partial charge in [-0.3, -0.25) is 4.79 Å². The van der Waals surface area contributed by atoms with E-state index in [-0.39, 0.29) is 17.5 Å². The van der Waals surface area contributed by atoms with E-state index < -0.39 is 21.9 Å². The summed E-state index contributed by atoms with van der Waals surface area (Å²) in [6, 6.07) is 4.73. The van der Waals surface area contributed by atoms with Crippen molar-refractivity contribution in [3.8, 4) is 5.75 Å². The number of hydrogen-bond donors (Lipinski definition) is 1. The summed E-state index contributed by atoms with van der Waals surface area (Å²) in [6.07, 6.45) is 2.74. The molecule has 0 radical (unpaired) electrons. The van der Waals surface area contributed by atoms with Gasteiger partial charge in [-0.1, -0.05) is 0 Å². The average Bonchev–Trinajstić information content (AvgIpc) is 2.54. The maximum absolute atomic E-state index is 12.9. The molecule has 1 aromatic rings. The van der Waals surface area contributed by atoms with Gasteiger partial charge in [0.25, 0.3) is 0 Å². The molecule has 0 aliphatic carbocycles. The molecule has 126 valence electrons. The second-order valence-electron chi connectivity index (χ2n) is 6.26. The Morgan fingerprint density at radius 2 is 2.13 bits per heavy atom. The van der Waals surface area contributed by atoms with Crippen molar-refractivity contribution in [2.24, 2.45) is 5.92 Å². The highest BCUT2D eigenvalue weighted by Gasteiger charge is 2.37. The van der Waals surface area contributed by atoms with Crippen molar-refractivity contribution in [3.05, 3.63) is 23.8 Å². The molecule has 2 aliphatic rings. The van der Waals surface area contributed by atoms with E-state index in [1.807, 2.05) is 6.92 Å². The number of piperidine rings is 1. The molecule has 3 rings (SSSR count). The molecule has 0 amide bonds. The predicted octanol–water partition coefficient (Wildman–Crippen LogP) is 1.89. The minimum absolute atomic E-state index is 0.0341. The fraction of sp³-hybridized carbons (Fsp3) is 0.562. The molecule has 2 heterocycles. The SMILES string of the molecule is CC1CCC(C(=O)O)CN1S(=O)(=O)c1ccc2c(c1)CCCO2. The summed E-state index contributed by atoms with van der Waals surface area (Å²) in [5.74, 6) is -0.830. The van der Waals surface area contributed by atoms with Gasteiger partial charge < -0.3 is 9.84 Å². The highest BCUT2D eigenvalue weighted by molar-refractivity contribution is 7.89. The number of benzene rings is 1. The van der Waals surface area contributed by atoms with Crippen molar-refractivity contribution < 1.29 is 23.1 Å². The molecule has 0 spiro atoms. The molecule has 0 bridgehead atoms. The maximum Gasteiger partial charge on any atom is 0.307 e. The summed E-state index contributed by atoms with van der Waals surface area (Å²) >= 11 is 0. The maximum atomic E-state index is 12.9. The Morgan fingerprint density at radius 1 is 1.35 bits per heavy atom. The van der Waals surface area contributed by atoms with E-state index in [4.69, 9.17) is 4.74 Å². The molecule has 2 unspecified atom stereocenters. The highest BCUT2D eigenvalue weighted by Crippen LogP contribution is 2.32. The van der Waals surface area contributed by atoms with Gasteiger partial charge in [0.05, 0.1) is 17.4 Å². The fourth-order valence-electron chi connectivity index (χ4n) is 3.24.